The van der Waals surface area contributed by atoms with Crippen molar-refractivity contribution in [2.75, 3.05) is 63.9 Å². The summed E-state index contributed by atoms with van der Waals surface area (Å²) < 4.78 is 0. The van der Waals surface area contributed by atoms with Crippen LogP contribution in [0.1, 0.15) is 12.8 Å². The van der Waals surface area contributed by atoms with Crippen molar-refractivity contribution < 1.29 is 9.90 Å². The number of piperidine rings is 1. The Morgan fingerprint density at radius 3 is 2.68 bits per heavy atom. The lowest BCUT2D eigenvalue weighted by Gasteiger charge is -2.35. The van der Waals surface area contributed by atoms with E-state index in [-0.39, 0.29) is 12.6 Å². The molecule has 1 aromatic rings. The fourth-order valence-electron chi connectivity index (χ4n) is 3.50. The highest BCUT2D eigenvalue weighted by atomic mass is 16.3. The van der Waals surface area contributed by atoms with Crippen molar-refractivity contribution >= 4 is 12.0 Å². The van der Waals surface area contributed by atoms with Crippen LogP contribution in [-0.2, 0) is 0 Å². The van der Waals surface area contributed by atoms with Gasteiger partial charge in [-0.2, -0.15) is 0 Å². The Kier molecular flexibility index (Phi) is 6.41. The quantitative estimate of drug-likeness (QED) is 0.780. The number of nitrogens with zero attached hydrogens (tertiary/aromatic N) is 5. The van der Waals surface area contributed by atoms with Crippen LogP contribution in [0.5, 0.6) is 0 Å². The van der Waals surface area contributed by atoms with Crippen molar-refractivity contribution in [3.8, 4) is 0 Å². The van der Waals surface area contributed by atoms with Gasteiger partial charge in [0.1, 0.15) is 0 Å². The molecule has 0 saturated carbocycles. The van der Waals surface area contributed by atoms with E-state index in [9.17, 15) is 9.90 Å². The zero-order valence-electron chi connectivity index (χ0n) is 14.7. The van der Waals surface area contributed by atoms with Crippen molar-refractivity contribution in [2.45, 2.75) is 12.8 Å². The summed E-state index contributed by atoms with van der Waals surface area (Å²) in [6, 6.07) is 1.81. The first kappa shape index (κ1) is 17.9. The highest BCUT2D eigenvalue weighted by Gasteiger charge is 2.23. The fourth-order valence-corrected chi connectivity index (χ4v) is 3.50. The SMILES string of the molecule is O=C(NCCN1CCCC(CO)C1)N1CCN(c2ncccn2)CC1. The Bertz CT molecular complexity index is 535. The minimum absolute atomic E-state index is 0.00403. The number of anilines is 1. The number of piperazine rings is 1. The van der Waals surface area contributed by atoms with E-state index >= 15 is 0 Å². The van der Waals surface area contributed by atoms with Crippen LogP contribution in [0, 0.1) is 5.92 Å². The molecule has 2 fully saturated rings. The molecule has 2 N–H and O–H groups in total. The van der Waals surface area contributed by atoms with Crippen LogP contribution in [0.4, 0.5) is 10.7 Å². The number of carbonyl (C=O) groups is 1. The zero-order valence-corrected chi connectivity index (χ0v) is 14.7. The second kappa shape index (κ2) is 8.96. The summed E-state index contributed by atoms with van der Waals surface area (Å²) in [6.07, 6.45) is 5.71. The summed E-state index contributed by atoms with van der Waals surface area (Å²) in [5.41, 5.74) is 0. The lowest BCUT2D eigenvalue weighted by molar-refractivity contribution is 0.120. The van der Waals surface area contributed by atoms with Crippen molar-refractivity contribution in [2.24, 2.45) is 5.92 Å². The first-order valence-corrected chi connectivity index (χ1v) is 9.14. The van der Waals surface area contributed by atoms with Crippen LogP contribution in [0.2, 0.25) is 0 Å². The number of carbonyl (C=O) groups excluding carboxylic acids is 1. The molecule has 0 radical (unpaired) electrons. The molecule has 0 aliphatic carbocycles. The van der Waals surface area contributed by atoms with Gasteiger partial charge in [0.2, 0.25) is 5.95 Å². The number of aliphatic hydroxyl groups excluding tert-OH is 1. The molecule has 25 heavy (non-hydrogen) atoms. The molecule has 1 atom stereocenters. The summed E-state index contributed by atoms with van der Waals surface area (Å²) >= 11 is 0. The van der Waals surface area contributed by atoms with E-state index in [4.69, 9.17) is 0 Å². The molecule has 1 unspecified atom stereocenters. The molecule has 0 aromatic carbocycles. The first-order chi connectivity index (χ1) is 12.3. The molecule has 0 bridgehead atoms. The molecule has 1 aromatic heterocycles. The highest BCUT2D eigenvalue weighted by Crippen LogP contribution is 2.15. The molecule has 3 heterocycles. The monoisotopic (exact) mass is 348 g/mol. The van der Waals surface area contributed by atoms with E-state index in [1.165, 1.54) is 0 Å². The molecular formula is C17H28N6O2. The van der Waals surface area contributed by atoms with Crippen molar-refractivity contribution in [3.05, 3.63) is 18.5 Å². The Hall–Kier alpha value is -1.93. The molecular weight excluding hydrogens is 320 g/mol. The maximum absolute atomic E-state index is 12.3. The number of nitrogens with one attached hydrogen (secondary N) is 1. The van der Waals surface area contributed by atoms with Gasteiger partial charge in [-0.1, -0.05) is 0 Å². The van der Waals surface area contributed by atoms with Gasteiger partial charge in [0.05, 0.1) is 0 Å². The summed E-state index contributed by atoms with van der Waals surface area (Å²) in [5, 5.41) is 12.3. The molecule has 138 valence electrons. The number of aliphatic hydroxyl groups is 1. The van der Waals surface area contributed by atoms with E-state index in [2.05, 4.69) is 25.1 Å². The second-order valence-corrected chi connectivity index (χ2v) is 6.75. The summed E-state index contributed by atoms with van der Waals surface area (Å²) in [7, 11) is 0. The van der Waals surface area contributed by atoms with Gasteiger partial charge in [-0.3, -0.25) is 0 Å². The first-order valence-electron chi connectivity index (χ1n) is 9.14. The molecule has 8 heteroatoms. The Labute approximate surface area is 148 Å². The van der Waals surface area contributed by atoms with E-state index in [1.807, 2.05) is 4.90 Å². The topological polar surface area (TPSA) is 84.8 Å². The van der Waals surface area contributed by atoms with Crippen molar-refractivity contribution in [1.82, 2.24) is 25.1 Å². The average molecular weight is 348 g/mol. The maximum atomic E-state index is 12.3. The molecule has 2 aliphatic rings. The normalized spacial score (nSPS) is 22.0. The van der Waals surface area contributed by atoms with Crippen LogP contribution in [0.15, 0.2) is 18.5 Å². The third-order valence-corrected chi connectivity index (χ3v) is 4.97. The summed E-state index contributed by atoms with van der Waals surface area (Å²) in [6.45, 7) is 6.62. The summed E-state index contributed by atoms with van der Waals surface area (Å²) in [4.78, 5) is 27.1. The van der Waals surface area contributed by atoms with Gasteiger partial charge >= 0.3 is 6.03 Å². The molecule has 8 nitrogen and oxygen atoms in total. The Morgan fingerprint density at radius 2 is 1.96 bits per heavy atom. The van der Waals surface area contributed by atoms with Crippen molar-refractivity contribution in [3.63, 3.8) is 0 Å². The number of likely N-dealkylation sites (tertiary alicyclic amines) is 1. The molecule has 2 aliphatic heterocycles. The standard InChI is InChI=1S/C17H28N6O2/c24-14-15-3-1-7-21(13-15)8-6-20-17(25)23-11-9-22(10-12-23)16-18-4-2-5-19-16/h2,4-5,15,24H,1,3,6-14H2,(H,20,25). The molecule has 2 saturated heterocycles. The van der Waals surface area contributed by atoms with Crippen LogP contribution in [0.25, 0.3) is 0 Å². The van der Waals surface area contributed by atoms with Gasteiger partial charge in [-0.05, 0) is 31.4 Å². The molecule has 0 spiro atoms. The van der Waals surface area contributed by atoms with Gasteiger partial charge in [0, 0.05) is 64.8 Å². The largest absolute Gasteiger partial charge is 0.396 e. The number of aromatic nitrogens is 2. The third kappa shape index (κ3) is 5.02. The van der Waals surface area contributed by atoms with E-state index < -0.39 is 0 Å². The highest BCUT2D eigenvalue weighted by molar-refractivity contribution is 5.74. The van der Waals surface area contributed by atoms with Crippen LogP contribution in [0.3, 0.4) is 0 Å². The van der Waals surface area contributed by atoms with Crippen LogP contribution >= 0.6 is 0 Å². The van der Waals surface area contributed by atoms with E-state index in [0.29, 0.717) is 25.6 Å². The lowest BCUT2D eigenvalue weighted by atomic mass is 9.99. The van der Waals surface area contributed by atoms with Gasteiger partial charge in [0.15, 0.2) is 0 Å². The van der Waals surface area contributed by atoms with Crippen LogP contribution < -0.4 is 10.2 Å². The predicted molar refractivity (Wildman–Crippen MR) is 95.5 cm³/mol. The smallest absolute Gasteiger partial charge is 0.317 e. The Morgan fingerprint density at radius 1 is 1.20 bits per heavy atom. The van der Waals surface area contributed by atoms with E-state index in [0.717, 1.165) is 51.5 Å². The van der Waals surface area contributed by atoms with Gasteiger partial charge in [0.25, 0.3) is 0 Å². The number of hydrogen-bond donors (Lipinski definition) is 2. The lowest BCUT2D eigenvalue weighted by Crippen LogP contribution is -2.53. The number of urea groups is 1. The third-order valence-electron chi connectivity index (χ3n) is 4.97. The fraction of sp³-hybridized carbons (Fsp3) is 0.706. The second-order valence-electron chi connectivity index (χ2n) is 6.75. The average Bonchev–Trinajstić information content (AvgIpc) is 2.69. The Balaban J connectivity index is 1.35. The number of amides is 2. The van der Waals surface area contributed by atoms with E-state index in [1.54, 1.807) is 18.5 Å². The van der Waals surface area contributed by atoms with Crippen LogP contribution in [-0.4, -0.2) is 89.9 Å². The van der Waals surface area contributed by atoms with Crippen molar-refractivity contribution in [1.29, 1.82) is 0 Å². The predicted octanol–water partition coefficient (Wildman–Crippen LogP) is 0.0125. The van der Waals surface area contributed by atoms with Gasteiger partial charge < -0.3 is 25.1 Å². The number of hydrogen-bond acceptors (Lipinski definition) is 6. The van der Waals surface area contributed by atoms with Gasteiger partial charge in [-0.25, -0.2) is 14.8 Å². The summed E-state index contributed by atoms with van der Waals surface area (Å²) in [5.74, 6) is 1.11. The zero-order chi connectivity index (χ0) is 17.5. The molecule has 2 amide bonds. The van der Waals surface area contributed by atoms with Gasteiger partial charge in [-0.15, -0.1) is 0 Å². The number of rotatable bonds is 5. The maximum Gasteiger partial charge on any atom is 0.317 e. The minimum atomic E-state index is 0.00403. The minimum Gasteiger partial charge on any atom is -0.396 e. The molecule has 3 rings (SSSR count).